The van der Waals surface area contributed by atoms with Gasteiger partial charge in [-0.1, -0.05) is 6.92 Å². The van der Waals surface area contributed by atoms with E-state index in [1.54, 1.807) is 0 Å². The van der Waals surface area contributed by atoms with E-state index in [1.165, 1.54) is 31.0 Å². The Kier molecular flexibility index (Phi) is 4.43. The Hall–Kier alpha value is -1.26. The predicted octanol–water partition coefficient (Wildman–Crippen LogP) is 1.24. The van der Waals surface area contributed by atoms with E-state index in [9.17, 15) is 0 Å². The zero-order chi connectivity index (χ0) is 13.8. The fraction of sp³-hybridized carbons (Fsp3) is 0.625. The molecular weight excluding hydrogens is 248 g/mol. The second-order valence-electron chi connectivity index (χ2n) is 5.67. The SMILES string of the molecule is CCN1CCN(c2ccc(N3CCNCC3)cc2)CC1. The van der Waals surface area contributed by atoms with Gasteiger partial charge >= 0.3 is 0 Å². The van der Waals surface area contributed by atoms with Gasteiger partial charge in [0.2, 0.25) is 0 Å². The van der Waals surface area contributed by atoms with Crippen molar-refractivity contribution in [2.75, 3.05) is 68.7 Å². The minimum absolute atomic E-state index is 1.10. The summed E-state index contributed by atoms with van der Waals surface area (Å²) in [6.07, 6.45) is 0. The normalized spacial score (nSPS) is 21.2. The van der Waals surface area contributed by atoms with Crippen LogP contribution in [0.1, 0.15) is 6.92 Å². The molecule has 0 bridgehead atoms. The maximum absolute atomic E-state index is 3.40. The van der Waals surface area contributed by atoms with Crippen molar-refractivity contribution in [2.24, 2.45) is 0 Å². The van der Waals surface area contributed by atoms with Crippen LogP contribution in [0.3, 0.4) is 0 Å². The van der Waals surface area contributed by atoms with Gasteiger partial charge in [0.1, 0.15) is 0 Å². The van der Waals surface area contributed by atoms with Crippen LogP contribution in [0.5, 0.6) is 0 Å². The average molecular weight is 274 g/mol. The molecule has 110 valence electrons. The molecule has 2 heterocycles. The quantitative estimate of drug-likeness (QED) is 0.895. The first kappa shape index (κ1) is 13.7. The minimum Gasteiger partial charge on any atom is -0.369 e. The number of benzene rings is 1. The van der Waals surface area contributed by atoms with Crippen LogP contribution in [-0.2, 0) is 0 Å². The van der Waals surface area contributed by atoms with Crippen molar-refractivity contribution in [1.29, 1.82) is 0 Å². The van der Waals surface area contributed by atoms with Crippen molar-refractivity contribution in [3.63, 3.8) is 0 Å². The summed E-state index contributed by atoms with van der Waals surface area (Å²) < 4.78 is 0. The van der Waals surface area contributed by atoms with Gasteiger partial charge in [-0.3, -0.25) is 0 Å². The van der Waals surface area contributed by atoms with Crippen molar-refractivity contribution in [1.82, 2.24) is 10.2 Å². The summed E-state index contributed by atoms with van der Waals surface area (Å²) in [6.45, 7) is 12.5. The van der Waals surface area contributed by atoms with E-state index >= 15 is 0 Å². The van der Waals surface area contributed by atoms with Gasteiger partial charge < -0.3 is 20.0 Å². The Balaban J connectivity index is 1.61. The first-order valence-electron chi connectivity index (χ1n) is 7.90. The molecule has 0 aromatic heterocycles. The maximum atomic E-state index is 3.40. The van der Waals surface area contributed by atoms with Gasteiger partial charge in [-0.25, -0.2) is 0 Å². The molecule has 4 heteroatoms. The third-order valence-corrected chi connectivity index (χ3v) is 4.52. The molecule has 0 unspecified atom stereocenters. The highest BCUT2D eigenvalue weighted by molar-refractivity contribution is 5.56. The van der Waals surface area contributed by atoms with Crippen LogP contribution in [0.15, 0.2) is 24.3 Å². The Labute approximate surface area is 122 Å². The van der Waals surface area contributed by atoms with Crippen LogP contribution >= 0.6 is 0 Å². The van der Waals surface area contributed by atoms with Crippen molar-refractivity contribution in [3.05, 3.63) is 24.3 Å². The molecule has 1 aromatic rings. The number of hydrogen-bond donors (Lipinski definition) is 1. The first-order valence-corrected chi connectivity index (χ1v) is 7.90. The van der Waals surface area contributed by atoms with E-state index in [0.29, 0.717) is 0 Å². The van der Waals surface area contributed by atoms with Crippen molar-refractivity contribution in [2.45, 2.75) is 6.92 Å². The predicted molar refractivity (Wildman–Crippen MR) is 85.9 cm³/mol. The Morgan fingerprint density at radius 2 is 1.30 bits per heavy atom. The first-order chi connectivity index (χ1) is 9.86. The molecular formula is C16H26N4. The van der Waals surface area contributed by atoms with E-state index in [2.05, 4.69) is 51.2 Å². The Morgan fingerprint density at radius 3 is 1.80 bits per heavy atom. The lowest BCUT2D eigenvalue weighted by Gasteiger charge is -2.36. The molecule has 1 aromatic carbocycles. The number of rotatable bonds is 3. The van der Waals surface area contributed by atoms with Crippen LogP contribution < -0.4 is 15.1 Å². The number of nitrogens with zero attached hydrogens (tertiary/aromatic N) is 3. The van der Waals surface area contributed by atoms with Crippen LogP contribution in [0, 0.1) is 0 Å². The Morgan fingerprint density at radius 1 is 0.800 bits per heavy atom. The van der Waals surface area contributed by atoms with Crippen molar-refractivity contribution < 1.29 is 0 Å². The second-order valence-corrected chi connectivity index (χ2v) is 5.67. The molecule has 0 spiro atoms. The van der Waals surface area contributed by atoms with Crippen LogP contribution in [0.2, 0.25) is 0 Å². The number of piperazine rings is 2. The molecule has 0 aliphatic carbocycles. The molecule has 2 aliphatic heterocycles. The molecule has 20 heavy (non-hydrogen) atoms. The highest BCUT2D eigenvalue weighted by Crippen LogP contribution is 2.22. The van der Waals surface area contributed by atoms with Gasteiger partial charge in [0, 0.05) is 63.7 Å². The smallest absolute Gasteiger partial charge is 0.0368 e. The summed E-state index contributed by atoms with van der Waals surface area (Å²) in [5, 5.41) is 3.40. The number of nitrogens with one attached hydrogen (secondary N) is 1. The van der Waals surface area contributed by atoms with Gasteiger partial charge in [-0.2, -0.15) is 0 Å². The molecule has 0 saturated carbocycles. The van der Waals surface area contributed by atoms with Gasteiger partial charge in [0.25, 0.3) is 0 Å². The molecule has 4 nitrogen and oxygen atoms in total. The van der Waals surface area contributed by atoms with Crippen molar-refractivity contribution in [3.8, 4) is 0 Å². The molecule has 1 N–H and O–H groups in total. The highest BCUT2D eigenvalue weighted by Gasteiger charge is 2.16. The van der Waals surface area contributed by atoms with Gasteiger partial charge in [-0.05, 0) is 30.8 Å². The third kappa shape index (κ3) is 3.07. The zero-order valence-electron chi connectivity index (χ0n) is 12.5. The summed E-state index contributed by atoms with van der Waals surface area (Å²) in [6, 6.07) is 9.15. The fourth-order valence-electron chi connectivity index (χ4n) is 3.12. The summed E-state index contributed by atoms with van der Waals surface area (Å²) >= 11 is 0. The van der Waals surface area contributed by atoms with E-state index in [-0.39, 0.29) is 0 Å². The highest BCUT2D eigenvalue weighted by atomic mass is 15.3. The largest absolute Gasteiger partial charge is 0.369 e. The number of anilines is 2. The molecule has 2 fully saturated rings. The molecule has 0 radical (unpaired) electrons. The van der Waals surface area contributed by atoms with E-state index in [4.69, 9.17) is 0 Å². The van der Waals surface area contributed by atoms with Crippen LogP contribution in [0.4, 0.5) is 11.4 Å². The molecule has 3 rings (SSSR count). The van der Waals surface area contributed by atoms with Crippen LogP contribution in [0.25, 0.3) is 0 Å². The number of hydrogen-bond acceptors (Lipinski definition) is 4. The molecule has 2 saturated heterocycles. The summed E-state index contributed by atoms with van der Waals surface area (Å²) in [7, 11) is 0. The molecule has 0 atom stereocenters. The fourth-order valence-corrected chi connectivity index (χ4v) is 3.12. The third-order valence-electron chi connectivity index (χ3n) is 4.52. The lowest BCUT2D eigenvalue weighted by Crippen LogP contribution is -2.46. The number of likely N-dealkylation sites (N-methyl/N-ethyl adjacent to an activating group) is 1. The summed E-state index contributed by atoms with van der Waals surface area (Å²) in [4.78, 5) is 7.49. The summed E-state index contributed by atoms with van der Waals surface area (Å²) in [5.41, 5.74) is 2.74. The minimum atomic E-state index is 1.10. The van der Waals surface area contributed by atoms with E-state index in [1.807, 2.05) is 0 Å². The summed E-state index contributed by atoms with van der Waals surface area (Å²) in [5.74, 6) is 0. The second kappa shape index (κ2) is 6.46. The standard InChI is InChI=1S/C16H26N4/c1-2-18-11-13-20(14-12-18)16-5-3-15(4-6-16)19-9-7-17-8-10-19/h3-6,17H,2,7-14H2,1H3. The lowest BCUT2D eigenvalue weighted by atomic mass is 10.2. The lowest BCUT2D eigenvalue weighted by molar-refractivity contribution is 0.271. The van der Waals surface area contributed by atoms with Gasteiger partial charge in [-0.15, -0.1) is 0 Å². The molecule has 2 aliphatic rings. The Bertz CT molecular complexity index is 403. The van der Waals surface area contributed by atoms with Gasteiger partial charge in [0.05, 0.1) is 0 Å². The monoisotopic (exact) mass is 274 g/mol. The van der Waals surface area contributed by atoms with Crippen molar-refractivity contribution >= 4 is 11.4 Å². The van der Waals surface area contributed by atoms with E-state index < -0.39 is 0 Å². The maximum Gasteiger partial charge on any atom is 0.0368 e. The average Bonchev–Trinajstić information content (AvgIpc) is 2.56. The van der Waals surface area contributed by atoms with E-state index in [0.717, 1.165) is 39.3 Å². The van der Waals surface area contributed by atoms with Crippen LogP contribution in [-0.4, -0.2) is 63.8 Å². The topological polar surface area (TPSA) is 21.8 Å². The molecule has 0 amide bonds. The zero-order valence-corrected chi connectivity index (χ0v) is 12.5. The van der Waals surface area contributed by atoms with Gasteiger partial charge in [0.15, 0.2) is 0 Å².